The van der Waals surface area contributed by atoms with Crippen LogP contribution in [0.4, 0.5) is 0 Å². The summed E-state index contributed by atoms with van der Waals surface area (Å²) in [6, 6.07) is 12.6. The van der Waals surface area contributed by atoms with Crippen LogP contribution in [0.3, 0.4) is 0 Å². The van der Waals surface area contributed by atoms with Gasteiger partial charge >= 0.3 is 0 Å². The summed E-state index contributed by atoms with van der Waals surface area (Å²) >= 11 is 1.73. The fourth-order valence-electron chi connectivity index (χ4n) is 2.98. The fraction of sp³-hybridized carbons (Fsp3) is 0.421. The maximum absolute atomic E-state index is 6.11. The van der Waals surface area contributed by atoms with Crippen molar-refractivity contribution < 1.29 is 4.74 Å². The van der Waals surface area contributed by atoms with Crippen LogP contribution < -0.4 is 15.4 Å². The predicted octanol–water partition coefficient (Wildman–Crippen LogP) is 4.11. The molecule has 3 rings (SSSR count). The van der Waals surface area contributed by atoms with Crippen molar-refractivity contribution in [2.75, 3.05) is 6.54 Å². The first-order valence-corrected chi connectivity index (χ1v) is 9.30. The number of para-hydroxylation sites is 1. The van der Waals surface area contributed by atoms with Gasteiger partial charge in [0.15, 0.2) is 5.96 Å². The third kappa shape index (κ3) is 4.09. The molecule has 0 bridgehead atoms. The summed E-state index contributed by atoms with van der Waals surface area (Å²) in [6.45, 7) is 7.89. The van der Waals surface area contributed by atoms with E-state index in [0.29, 0.717) is 6.54 Å². The van der Waals surface area contributed by atoms with Gasteiger partial charge in [-0.15, -0.1) is 11.3 Å². The molecule has 1 aromatic carbocycles. The highest BCUT2D eigenvalue weighted by molar-refractivity contribution is 7.09. The van der Waals surface area contributed by atoms with Crippen molar-refractivity contribution in [3.8, 4) is 5.75 Å². The average Bonchev–Trinajstić information content (AvgIpc) is 3.05. The van der Waals surface area contributed by atoms with Crippen LogP contribution in [-0.2, 0) is 6.54 Å². The van der Waals surface area contributed by atoms with Gasteiger partial charge in [-0.25, -0.2) is 4.99 Å². The Hall–Kier alpha value is -2.01. The minimum absolute atomic E-state index is 0.186. The number of aliphatic imine (C=N–C) groups is 1. The zero-order valence-corrected chi connectivity index (χ0v) is 15.3. The quantitative estimate of drug-likeness (QED) is 0.649. The number of nitrogens with one attached hydrogen (secondary N) is 2. The van der Waals surface area contributed by atoms with Crippen LogP contribution >= 0.6 is 11.3 Å². The molecule has 1 unspecified atom stereocenters. The second-order valence-corrected chi connectivity index (χ2v) is 7.61. The van der Waals surface area contributed by atoms with E-state index in [9.17, 15) is 0 Å². The first-order valence-electron chi connectivity index (χ1n) is 8.42. The molecule has 2 aromatic rings. The Balaban J connectivity index is 1.80. The third-order valence-electron chi connectivity index (χ3n) is 4.00. The largest absolute Gasteiger partial charge is 0.487 e. The molecule has 0 saturated carbocycles. The predicted molar refractivity (Wildman–Crippen MR) is 101 cm³/mol. The number of guanidine groups is 1. The summed E-state index contributed by atoms with van der Waals surface area (Å²) in [5, 5.41) is 9.03. The van der Waals surface area contributed by atoms with Gasteiger partial charge in [0.05, 0.1) is 12.6 Å². The lowest BCUT2D eigenvalue weighted by Gasteiger charge is -2.38. The topological polar surface area (TPSA) is 45.7 Å². The molecule has 5 heteroatoms. The van der Waals surface area contributed by atoms with Crippen molar-refractivity contribution in [3.63, 3.8) is 0 Å². The van der Waals surface area contributed by atoms with E-state index < -0.39 is 0 Å². The van der Waals surface area contributed by atoms with Gasteiger partial charge in [-0.1, -0.05) is 24.3 Å². The lowest BCUT2D eigenvalue weighted by molar-refractivity contribution is 0.0694. The number of benzene rings is 1. The van der Waals surface area contributed by atoms with Crippen LogP contribution in [0, 0.1) is 0 Å². The average molecular weight is 343 g/mol. The molecular weight excluding hydrogens is 318 g/mol. The summed E-state index contributed by atoms with van der Waals surface area (Å²) in [5.74, 6) is 1.81. The molecule has 24 heavy (non-hydrogen) atoms. The summed E-state index contributed by atoms with van der Waals surface area (Å²) in [5.41, 5.74) is 0.996. The van der Waals surface area contributed by atoms with E-state index in [-0.39, 0.29) is 11.6 Å². The summed E-state index contributed by atoms with van der Waals surface area (Å²) in [4.78, 5) is 6.00. The number of rotatable bonds is 4. The standard InChI is InChI=1S/C19H25N3OS/c1-4-20-18(21-13-14-8-7-11-24-14)22-16-12-19(2,3)23-17-10-6-5-9-15(16)17/h5-11,16H,4,12-13H2,1-3H3,(H2,20,21,22). The van der Waals surface area contributed by atoms with Gasteiger partial charge in [-0.3, -0.25) is 0 Å². The van der Waals surface area contributed by atoms with E-state index in [0.717, 1.165) is 24.7 Å². The van der Waals surface area contributed by atoms with E-state index in [1.165, 1.54) is 10.4 Å². The minimum atomic E-state index is -0.197. The summed E-state index contributed by atoms with van der Waals surface area (Å²) in [7, 11) is 0. The summed E-state index contributed by atoms with van der Waals surface area (Å²) < 4.78 is 6.11. The van der Waals surface area contributed by atoms with Crippen molar-refractivity contribution in [3.05, 3.63) is 52.2 Å². The Kier molecular flexibility index (Phi) is 5.09. The fourth-order valence-corrected chi connectivity index (χ4v) is 3.60. The van der Waals surface area contributed by atoms with Gasteiger partial charge in [0, 0.05) is 23.4 Å². The van der Waals surface area contributed by atoms with Crippen LogP contribution in [0.15, 0.2) is 46.8 Å². The molecule has 1 aromatic heterocycles. The number of fused-ring (bicyclic) bond motifs is 1. The van der Waals surface area contributed by atoms with Gasteiger partial charge in [0.1, 0.15) is 11.4 Å². The Bertz CT molecular complexity index is 694. The van der Waals surface area contributed by atoms with Crippen molar-refractivity contribution >= 4 is 17.3 Å². The van der Waals surface area contributed by atoms with Gasteiger partial charge in [0.2, 0.25) is 0 Å². The monoisotopic (exact) mass is 343 g/mol. The number of hydrogen-bond donors (Lipinski definition) is 2. The van der Waals surface area contributed by atoms with E-state index in [1.807, 2.05) is 12.1 Å². The first kappa shape index (κ1) is 16.8. The lowest BCUT2D eigenvalue weighted by atomic mass is 9.90. The molecule has 0 spiro atoms. The van der Waals surface area contributed by atoms with Gasteiger partial charge in [-0.05, 0) is 38.3 Å². The molecule has 0 radical (unpaired) electrons. The normalized spacial score (nSPS) is 19.3. The Morgan fingerprint density at radius 1 is 1.29 bits per heavy atom. The first-order chi connectivity index (χ1) is 11.6. The minimum Gasteiger partial charge on any atom is -0.487 e. The smallest absolute Gasteiger partial charge is 0.192 e. The Morgan fingerprint density at radius 3 is 2.88 bits per heavy atom. The zero-order valence-electron chi connectivity index (χ0n) is 14.5. The summed E-state index contributed by atoms with van der Waals surface area (Å²) in [6.07, 6.45) is 0.896. The number of ether oxygens (including phenoxy) is 1. The molecule has 2 heterocycles. The van der Waals surface area contributed by atoms with Crippen molar-refractivity contribution in [1.82, 2.24) is 10.6 Å². The van der Waals surface area contributed by atoms with Crippen molar-refractivity contribution in [2.24, 2.45) is 4.99 Å². The zero-order chi connectivity index (χ0) is 17.0. The molecule has 1 atom stereocenters. The molecule has 4 nitrogen and oxygen atoms in total. The van der Waals surface area contributed by atoms with E-state index >= 15 is 0 Å². The van der Waals surface area contributed by atoms with Crippen LogP contribution in [0.5, 0.6) is 5.75 Å². The Morgan fingerprint density at radius 2 is 2.12 bits per heavy atom. The second kappa shape index (κ2) is 7.26. The molecule has 2 N–H and O–H groups in total. The SMILES string of the molecule is CCNC(=NCc1cccs1)NC1CC(C)(C)Oc2ccccc21. The molecule has 1 aliphatic heterocycles. The van der Waals surface area contributed by atoms with E-state index in [4.69, 9.17) is 9.73 Å². The van der Waals surface area contributed by atoms with Crippen molar-refractivity contribution in [2.45, 2.75) is 45.4 Å². The van der Waals surface area contributed by atoms with Gasteiger partial charge in [0.25, 0.3) is 0 Å². The number of thiophene rings is 1. The van der Waals surface area contributed by atoms with Gasteiger partial charge in [-0.2, -0.15) is 0 Å². The molecule has 0 fully saturated rings. The molecular formula is C19H25N3OS. The van der Waals surface area contributed by atoms with E-state index in [1.54, 1.807) is 11.3 Å². The molecule has 1 aliphatic rings. The van der Waals surface area contributed by atoms with Crippen LogP contribution in [0.2, 0.25) is 0 Å². The van der Waals surface area contributed by atoms with Crippen LogP contribution in [0.1, 0.15) is 43.7 Å². The molecule has 0 amide bonds. The molecule has 128 valence electrons. The number of hydrogen-bond acceptors (Lipinski definition) is 3. The van der Waals surface area contributed by atoms with Crippen LogP contribution in [-0.4, -0.2) is 18.1 Å². The van der Waals surface area contributed by atoms with Crippen molar-refractivity contribution in [1.29, 1.82) is 0 Å². The number of nitrogens with zero attached hydrogens (tertiary/aromatic N) is 1. The molecule has 0 aliphatic carbocycles. The Labute approximate surface area is 148 Å². The highest BCUT2D eigenvalue weighted by Crippen LogP contribution is 2.39. The van der Waals surface area contributed by atoms with E-state index in [2.05, 4.69) is 61.1 Å². The van der Waals surface area contributed by atoms with Crippen LogP contribution in [0.25, 0.3) is 0 Å². The maximum Gasteiger partial charge on any atom is 0.192 e. The van der Waals surface area contributed by atoms with Gasteiger partial charge < -0.3 is 15.4 Å². The highest BCUT2D eigenvalue weighted by Gasteiger charge is 2.33. The highest BCUT2D eigenvalue weighted by atomic mass is 32.1. The second-order valence-electron chi connectivity index (χ2n) is 6.58. The molecule has 0 saturated heterocycles. The maximum atomic E-state index is 6.11. The lowest BCUT2D eigenvalue weighted by Crippen LogP contribution is -2.45. The third-order valence-corrected chi connectivity index (χ3v) is 4.87.